The molecule has 2 aromatic rings. The summed E-state index contributed by atoms with van der Waals surface area (Å²) in [5.74, 6) is 0.0430. The Hall–Kier alpha value is -2.21. The molecule has 2 amide bonds. The van der Waals surface area contributed by atoms with E-state index in [-0.39, 0.29) is 17.7 Å². The van der Waals surface area contributed by atoms with Crippen LogP contribution in [-0.2, 0) is 22.4 Å². The molecule has 0 aliphatic carbocycles. The quantitative estimate of drug-likeness (QED) is 0.849. The average molecular weight is 372 g/mol. The van der Waals surface area contributed by atoms with Crippen LogP contribution in [0.3, 0.4) is 0 Å². The fraction of sp³-hybridized carbons (Fsp3) is 0.450. The maximum absolute atomic E-state index is 12.5. The molecule has 1 N–H and O–H groups in total. The first-order chi connectivity index (χ1) is 12.6. The van der Waals surface area contributed by atoms with Crippen molar-refractivity contribution >= 4 is 23.2 Å². The first kappa shape index (κ1) is 18.6. The van der Waals surface area contributed by atoms with Gasteiger partial charge in [0.15, 0.2) is 0 Å². The largest absolute Gasteiger partial charge is 0.355 e. The standard InChI is InChI=1S/C20H25N3O2S/c1-15-22-18(14-26-15)9-10-21-20(25)17-8-5-11-23(13-17)19(24)12-16-6-3-2-4-7-16/h2-4,6-7,14,17H,5,8-13H2,1H3,(H,21,25). The number of carbonyl (C=O) groups is 2. The maximum atomic E-state index is 12.5. The summed E-state index contributed by atoms with van der Waals surface area (Å²) in [6.07, 6.45) is 2.87. The van der Waals surface area contributed by atoms with Crippen LogP contribution in [0.25, 0.3) is 0 Å². The first-order valence-electron chi connectivity index (χ1n) is 9.12. The lowest BCUT2D eigenvalue weighted by Crippen LogP contribution is -2.46. The number of aromatic nitrogens is 1. The molecule has 6 heteroatoms. The smallest absolute Gasteiger partial charge is 0.227 e. The van der Waals surface area contributed by atoms with Crippen LogP contribution in [0.15, 0.2) is 35.7 Å². The van der Waals surface area contributed by atoms with Gasteiger partial charge in [0.2, 0.25) is 11.8 Å². The lowest BCUT2D eigenvalue weighted by molar-refractivity contribution is -0.135. The highest BCUT2D eigenvalue weighted by atomic mass is 32.1. The molecule has 2 heterocycles. The third-order valence-electron chi connectivity index (χ3n) is 4.69. The molecule has 26 heavy (non-hydrogen) atoms. The van der Waals surface area contributed by atoms with Gasteiger partial charge in [0.25, 0.3) is 0 Å². The van der Waals surface area contributed by atoms with Gasteiger partial charge in [-0.05, 0) is 25.3 Å². The molecular weight excluding hydrogens is 346 g/mol. The molecule has 1 aliphatic heterocycles. The van der Waals surface area contributed by atoms with Crippen LogP contribution in [0.5, 0.6) is 0 Å². The second-order valence-electron chi connectivity index (χ2n) is 6.74. The van der Waals surface area contributed by atoms with Gasteiger partial charge in [-0.25, -0.2) is 4.98 Å². The molecule has 1 fully saturated rings. The molecule has 1 aromatic heterocycles. The van der Waals surface area contributed by atoms with Gasteiger partial charge in [0.05, 0.1) is 23.0 Å². The third kappa shape index (κ3) is 5.14. The molecule has 3 rings (SSSR count). The average Bonchev–Trinajstić information content (AvgIpc) is 3.07. The lowest BCUT2D eigenvalue weighted by Gasteiger charge is -2.32. The van der Waals surface area contributed by atoms with Gasteiger partial charge in [0.1, 0.15) is 0 Å². The molecule has 0 bridgehead atoms. The van der Waals surface area contributed by atoms with Crippen molar-refractivity contribution in [3.05, 3.63) is 52.0 Å². The zero-order valence-electron chi connectivity index (χ0n) is 15.1. The summed E-state index contributed by atoms with van der Waals surface area (Å²) in [5.41, 5.74) is 2.04. The third-order valence-corrected chi connectivity index (χ3v) is 5.51. The summed E-state index contributed by atoms with van der Waals surface area (Å²) in [5, 5.41) is 6.09. The van der Waals surface area contributed by atoms with Crippen molar-refractivity contribution in [3.63, 3.8) is 0 Å². The van der Waals surface area contributed by atoms with Crippen LogP contribution in [0.4, 0.5) is 0 Å². The highest BCUT2D eigenvalue weighted by Crippen LogP contribution is 2.18. The van der Waals surface area contributed by atoms with Gasteiger partial charge in [0, 0.05) is 31.4 Å². The van der Waals surface area contributed by atoms with Crippen molar-refractivity contribution in [2.45, 2.75) is 32.6 Å². The second kappa shape index (κ2) is 8.94. The van der Waals surface area contributed by atoms with Crippen LogP contribution >= 0.6 is 11.3 Å². The Bertz CT molecular complexity index is 745. The Kier molecular flexibility index (Phi) is 6.39. The Labute approximate surface area is 158 Å². The molecule has 0 saturated carbocycles. The predicted molar refractivity (Wildman–Crippen MR) is 103 cm³/mol. The van der Waals surface area contributed by atoms with Crippen molar-refractivity contribution in [1.82, 2.24) is 15.2 Å². The van der Waals surface area contributed by atoms with E-state index in [0.29, 0.717) is 19.5 Å². The lowest BCUT2D eigenvalue weighted by atomic mass is 9.96. The van der Waals surface area contributed by atoms with Crippen LogP contribution in [-0.4, -0.2) is 41.3 Å². The normalized spacial score (nSPS) is 17.1. The number of carbonyl (C=O) groups excluding carboxylic acids is 2. The monoisotopic (exact) mass is 371 g/mol. The molecule has 1 saturated heterocycles. The van der Waals surface area contributed by atoms with Crippen LogP contribution in [0.1, 0.15) is 29.1 Å². The number of thiazole rings is 1. The number of nitrogens with zero attached hydrogens (tertiary/aromatic N) is 2. The van der Waals surface area contributed by atoms with Crippen LogP contribution in [0, 0.1) is 12.8 Å². The Balaban J connectivity index is 1.46. The number of aryl methyl sites for hydroxylation is 1. The van der Waals surface area contributed by atoms with Crippen LogP contribution in [0.2, 0.25) is 0 Å². The Morgan fingerprint density at radius 2 is 2.12 bits per heavy atom. The number of hydrogen-bond donors (Lipinski definition) is 1. The summed E-state index contributed by atoms with van der Waals surface area (Å²) in [4.78, 5) is 31.2. The van der Waals surface area contributed by atoms with E-state index in [1.165, 1.54) is 0 Å². The van der Waals surface area contributed by atoms with Crippen molar-refractivity contribution in [1.29, 1.82) is 0 Å². The number of likely N-dealkylation sites (tertiary alicyclic amines) is 1. The SMILES string of the molecule is Cc1nc(CCNC(=O)C2CCCN(C(=O)Cc3ccccc3)C2)cs1. The van der Waals surface area contributed by atoms with Gasteiger partial charge in [-0.2, -0.15) is 0 Å². The van der Waals surface area contributed by atoms with Gasteiger partial charge in [-0.15, -0.1) is 11.3 Å². The van der Waals surface area contributed by atoms with Gasteiger partial charge in [-0.1, -0.05) is 30.3 Å². The summed E-state index contributed by atoms with van der Waals surface area (Å²) >= 11 is 1.63. The maximum Gasteiger partial charge on any atom is 0.227 e. The molecule has 0 spiro atoms. The van der Waals surface area contributed by atoms with E-state index in [4.69, 9.17) is 0 Å². The van der Waals surface area contributed by atoms with Crippen molar-refractivity contribution in [3.8, 4) is 0 Å². The molecular formula is C20H25N3O2S. The number of piperidine rings is 1. The number of rotatable bonds is 6. The summed E-state index contributed by atoms with van der Waals surface area (Å²) in [6, 6.07) is 9.76. The molecule has 1 aliphatic rings. The van der Waals surface area contributed by atoms with E-state index < -0.39 is 0 Å². The second-order valence-corrected chi connectivity index (χ2v) is 7.80. The van der Waals surface area contributed by atoms with E-state index in [2.05, 4.69) is 10.3 Å². The number of hydrogen-bond acceptors (Lipinski definition) is 4. The molecule has 5 nitrogen and oxygen atoms in total. The van der Waals surface area contributed by atoms with Crippen molar-refractivity contribution < 1.29 is 9.59 Å². The number of amides is 2. The number of nitrogens with one attached hydrogen (secondary N) is 1. The Morgan fingerprint density at radius 3 is 2.85 bits per heavy atom. The van der Waals surface area contributed by atoms with E-state index >= 15 is 0 Å². The van der Waals surface area contributed by atoms with Crippen LogP contribution < -0.4 is 5.32 Å². The van der Waals surface area contributed by atoms with Gasteiger partial charge >= 0.3 is 0 Å². The summed E-state index contributed by atoms with van der Waals surface area (Å²) < 4.78 is 0. The highest BCUT2D eigenvalue weighted by Gasteiger charge is 2.28. The molecule has 1 unspecified atom stereocenters. The van der Waals surface area contributed by atoms with Gasteiger partial charge < -0.3 is 10.2 Å². The minimum Gasteiger partial charge on any atom is -0.355 e. The molecule has 138 valence electrons. The zero-order valence-corrected chi connectivity index (χ0v) is 15.9. The summed E-state index contributed by atoms with van der Waals surface area (Å²) in [6.45, 7) is 3.84. The first-order valence-corrected chi connectivity index (χ1v) is 10.00. The minimum atomic E-state index is -0.111. The molecule has 1 aromatic carbocycles. The topological polar surface area (TPSA) is 62.3 Å². The summed E-state index contributed by atoms with van der Waals surface area (Å²) in [7, 11) is 0. The molecule has 0 radical (unpaired) electrons. The van der Waals surface area contributed by atoms with Crippen molar-refractivity contribution in [2.75, 3.05) is 19.6 Å². The predicted octanol–water partition coefficient (Wildman–Crippen LogP) is 2.59. The minimum absolute atomic E-state index is 0.0502. The number of benzene rings is 1. The molecule has 1 atom stereocenters. The highest BCUT2D eigenvalue weighted by molar-refractivity contribution is 7.09. The van der Waals surface area contributed by atoms with E-state index in [0.717, 1.165) is 42.1 Å². The van der Waals surface area contributed by atoms with E-state index in [1.54, 1.807) is 11.3 Å². The fourth-order valence-electron chi connectivity index (χ4n) is 3.28. The van der Waals surface area contributed by atoms with Gasteiger partial charge in [-0.3, -0.25) is 9.59 Å². The van der Waals surface area contributed by atoms with E-state index in [1.807, 2.05) is 47.5 Å². The zero-order chi connectivity index (χ0) is 18.4. The fourth-order valence-corrected chi connectivity index (χ4v) is 3.93. The van der Waals surface area contributed by atoms with E-state index in [9.17, 15) is 9.59 Å². The van der Waals surface area contributed by atoms with Crippen molar-refractivity contribution in [2.24, 2.45) is 5.92 Å². The Morgan fingerprint density at radius 1 is 1.31 bits per heavy atom.